The summed E-state index contributed by atoms with van der Waals surface area (Å²) in [6.07, 6.45) is 1.08. The molecular formula is C16H19N3O2S. The smallest absolute Gasteiger partial charge is 0.225 e. The van der Waals surface area contributed by atoms with E-state index in [0.717, 1.165) is 39.9 Å². The Hall–Kier alpha value is -1.95. The van der Waals surface area contributed by atoms with Crippen molar-refractivity contribution < 1.29 is 9.53 Å². The van der Waals surface area contributed by atoms with Crippen LogP contribution in [0.1, 0.15) is 23.2 Å². The molecule has 1 aliphatic rings. The first-order valence-corrected chi connectivity index (χ1v) is 8.38. The lowest BCUT2D eigenvalue weighted by Crippen LogP contribution is -2.16. The second-order valence-electron chi connectivity index (χ2n) is 5.25. The number of hydrogen-bond donors (Lipinski definition) is 1. The minimum atomic E-state index is 0.00797. The summed E-state index contributed by atoms with van der Waals surface area (Å²) in [7, 11) is 3.52. The highest BCUT2D eigenvalue weighted by atomic mass is 32.2. The molecule has 5 nitrogen and oxygen atoms in total. The standard InChI is InChI=1S/C16H19N3O2S/c1-19-16(12-9-22-10-13(12)18-19)17-15(20)8-7-11-5-3-4-6-14(11)21-2/h3-6H,7-10H2,1-2H3,(H,17,20). The SMILES string of the molecule is COc1ccccc1CCC(=O)Nc1c2c(nn1C)CSC2. The third-order valence-corrected chi connectivity index (χ3v) is 4.76. The van der Waals surface area contributed by atoms with Crippen LogP contribution >= 0.6 is 11.8 Å². The minimum absolute atomic E-state index is 0.00797. The molecule has 1 aliphatic heterocycles. The number of nitrogens with zero attached hydrogens (tertiary/aromatic N) is 2. The molecule has 0 bridgehead atoms. The van der Waals surface area contributed by atoms with Crippen LogP contribution in [0.4, 0.5) is 5.82 Å². The van der Waals surface area contributed by atoms with E-state index in [1.807, 2.05) is 43.1 Å². The van der Waals surface area contributed by atoms with Crippen molar-refractivity contribution in [3.8, 4) is 5.75 Å². The van der Waals surface area contributed by atoms with Gasteiger partial charge in [0.15, 0.2) is 0 Å². The maximum atomic E-state index is 12.2. The number of aryl methyl sites for hydroxylation is 2. The van der Waals surface area contributed by atoms with Crippen molar-refractivity contribution in [1.82, 2.24) is 9.78 Å². The molecule has 116 valence electrons. The van der Waals surface area contributed by atoms with Crippen molar-refractivity contribution in [2.75, 3.05) is 12.4 Å². The van der Waals surface area contributed by atoms with E-state index in [0.29, 0.717) is 12.8 Å². The zero-order valence-electron chi connectivity index (χ0n) is 12.8. The Kier molecular flexibility index (Phi) is 4.38. The van der Waals surface area contributed by atoms with Gasteiger partial charge in [-0.15, -0.1) is 0 Å². The molecule has 6 heteroatoms. The Labute approximate surface area is 134 Å². The van der Waals surface area contributed by atoms with Gasteiger partial charge >= 0.3 is 0 Å². The van der Waals surface area contributed by atoms with Crippen molar-refractivity contribution in [2.24, 2.45) is 7.05 Å². The minimum Gasteiger partial charge on any atom is -0.496 e. The lowest BCUT2D eigenvalue weighted by molar-refractivity contribution is -0.116. The number of aromatic nitrogens is 2. The van der Waals surface area contributed by atoms with E-state index < -0.39 is 0 Å². The van der Waals surface area contributed by atoms with Gasteiger partial charge in [-0.05, 0) is 18.1 Å². The maximum Gasteiger partial charge on any atom is 0.225 e. The molecule has 0 unspecified atom stereocenters. The van der Waals surface area contributed by atoms with Crippen LogP contribution < -0.4 is 10.1 Å². The fourth-order valence-corrected chi connectivity index (χ4v) is 3.68. The predicted molar refractivity (Wildman–Crippen MR) is 88.2 cm³/mol. The van der Waals surface area contributed by atoms with E-state index in [9.17, 15) is 4.79 Å². The van der Waals surface area contributed by atoms with Crippen molar-refractivity contribution in [1.29, 1.82) is 0 Å². The highest BCUT2D eigenvalue weighted by molar-refractivity contribution is 7.98. The van der Waals surface area contributed by atoms with Gasteiger partial charge in [-0.3, -0.25) is 9.48 Å². The van der Waals surface area contributed by atoms with Crippen LogP contribution in [0.25, 0.3) is 0 Å². The monoisotopic (exact) mass is 317 g/mol. The number of methoxy groups -OCH3 is 1. The number of carbonyl (C=O) groups is 1. The number of carbonyl (C=O) groups excluding carboxylic acids is 1. The van der Waals surface area contributed by atoms with Crippen molar-refractivity contribution in [2.45, 2.75) is 24.3 Å². The number of amides is 1. The Morgan fingerprint density at radius 1 is 1.41 bits per heavy atom. The molecule has 1 amide bonds. The van der Waals surface area contributed by atoms with Gasteiger partial charge in [0.1, 0.15) is 11.6 Å². The Morgan fingerprint density at radius 2 is 2.23 bits per heavy atom. The third kappa shape index (κ3) is 2.97. The number of rotatable bonds is 5. The van der Waals surface area contributed by atoms with E-state index in [1.165, 1.54) is 0 Å². The molecular weight excluding hydrogens is 298 g/mol. The molecule has 1 aromatic heterocycles. The summed E-state index contributed by atoms with van der Waals surface area (Å²) in [6.45, 7) is 0. The van der Waals surface area contributed by atoms with Crippen LogP contribution in [0.2, 0.25) is 0 Å². The molecule has 2 aromatic rings. The second-order valence-corrected chi connectivity index (χ2v) is 6.24. The molecule has 1 N–H and O–H groups in total. The molecule has 0 aliphatic carbocycles. The Morgan fingerprint density at radius 3 is 3.05 bits per heavy atom. The summed E-state index contributed by atoms with van der Waals surface area (Å²) in [4.78, 5) is 12.2. The molecule has 0 spiro atoms. The van der Waals surface area contributed by atoms with Crippen LogP contribution in [0.3, 0.4) is 0 Å². The van der Waals surface area contributed by atoms with Crippen LogP contribution in [-0.4, -0.2) is 22.8 Å². The zero-order valence-corrected chi connectivity index (χ0v) is 13.6. The summed E-state index contributed by atoms with van der Waals surface area (Å²) in [6, 6.07) is 7.79. The molecule has 1 aromatic carbocycles. The molecule has 0 fully saturated rings. The zero-order chi connectivity index (χ0) is 15.5. The fraction of sp³-hybridized carbons (Fsp3) is 0.375. The molecule has 0 saturated heterocycles. The van der Waals surface area contributed by atoms with E-state index >= 15 is 0 Å². The largest absolute Gasteiger partial charge is 0.496 e. The number of benzene rings is 1. The average Bonchev–Trinajstić information content (AvgIpc) is 3.08. The number of hydrogen-bond acceptors (Lipinski definition) is 4. The quantitative estimate of drug-likeness (QED) is 0.921. The van der Waals surface area contributed by atoms with Crippen molar-refractivity contribution in [3.63, 3.8) is 0 Å². The summed E-state index contributed by atoms with van der Waals surface area (Å²) in [5.41, 5.74) is 3.30. The van der Waals surface area contributed by atoms with Crippen LogP contribution in [0, 0.1) is 0 Å². The number of fused-ring (bicyclic) bond motifs is 1. The highest BCUT2D eigenvalue weighted by Gasteiger charge is 2.22. The molecule has 3 rings (SSSR count). The fourth-order valence-electron chi connectivity index (χ4n) is 2.65. The van der Waals surface area contributed by atoms with Crippen LogP contribution in [-0.2, 0) is 29.8 Å². The van der Waals surface area contributed by atoms with Gasteiger partial charge in [0, 0.05) is 30.5 Å². The normalized spacial score (nSPS) is 13.0. The lowest BCUT2D eigenvalue weighted by atomic mass is 10.1. The van der Waals surface area contributed by atoms with E-state index in [-0.39, 0.29) is 5.91 Å². The van der Waals surface area contributed by atoms with E-state index in [2.05, 4.69) is 10.4 Å². The summed E-state index contributed by atoms with van der Waals surface area (Å²) >= 11 is 1.83. The van der Waals surface area contributed by atoms with E-state index in [4.69, 9.17) is 4.74 Å². The first-order valence-electron chi connectivity index (χ1n) is 7.23. The molecule has 0 saturated carbocycles. The van der Waals surface area contributed by atoms with Gasteiger partial charge in [-0.25, -0.2) is 0 Å². The lowest BCUT2D eigenvalue weighted by Gasteiger charge is -2.09. The summed E-state index contributed by atoms with van der Waals surface area (Å²) < 4.78 is 7.08. The van der Waals surface area contributed by atoms with Gasteiger partial charge in [0.2, 0.25) is 5.91 Å². The number of anilines is 1. The number of thioether (sulfide) groups is 1. The maximum absolute atomic E-state index is 12.2. The van der Waals surface area contributed by atoms with Gasteiger partial charge < -0.3 is 10.1 Å². The summed E-state index contributed by atoms with van der Waals surface area (Å²) in [5, 5.41) is 7.46. The highest BCUT2D eigenvalue weighted by Crippen LogP contribution is 2.34. The Bertz CT molecular complexity index is 697. The second kappa shape index (κ2) is 6.44. The first-order chi connectivity index (χ1) is 10.7. The number of ether oxygens (including phenoxy) is 1. The number of nitrogens with one attached hydrogen (secondary N) is 1. The van der Waals surface area contributed by atoms with Gasteiger partial charge in [0.05, 0.1) is 12.8 Å². The van der Waals surface area contributed by atoms with Gasteiger partial charge in [-0.1, -0.05) is 18.2 Å². The average molecular weight is 317 g/mol. The molecule has 2 heterocycles. The predicted octanol–water partition coefficient (Wildman–Crippen LogP) is 2.75. The van der Waals surface area contributed by atoms with E-state index in [1.54, 1.807) is 11.8 Å². The summed E-state index contributed by atoms with van der Waals surface area (Å²) in [5.74, 6) is 3.53. The van der Waals surface area contributed by atoms with Gasteiger partial charge in [0.25, 0.3) is 0 Å². The molecule has 0 atom stereocenters. The topological polar surface area (TPSA) is 56.1 Å². The Balaban J connectivity index is 1.64. The molecule has 22 heavy (non-hydrogen) atoms. The molecule has 0 radical (unpaired) electrons. The number of para-hydroxylation sites is 1. The van der Waals surface area contributed by atoms with Crippen molar-refractivity contribution in [3.05, 3.63) is 41.1 Å². The van der Waals surface area contributed by atoms with Crippen molar-refractivity contribution >= 4 is 23.5 Å². The van der Waals surface area contributed by atoms with Crippen LogP contribution in [0.5, 0.6) is 5.75 Å². The van der Waals surface area contributed by atoms with Gasteiger partial charge in [-0.2, -0.15) is 16.9 Å². The first kappa shape index (κ1) is 15.0. The third-order valence-electron chi connectivity index (χ3n) is 3.79. The van der Waals surface area contributed by atoms with Crippen LogP contribution in [0.15, 0.2) is 24.3 Å².